The van der Waals surface area contributed by atoms with Gasteiger partial charge in [-0.3, -0.25) is 4.79 Å². The van der Waals surface area contributed by atoms with E-state index in [4.69, 9.17) is 4.74 Å². The van der Waals surface area contributed by atoms with E-state index < -0.39 is 0 Å². The van der Waals surface area contributed by atoms with Crippen molar-refractivity contribution >= 4 is 5.91 Å². The predicted molar refractivity (Wildman–Crippen MR) is 87.4 cm³/mol. The van der Waals surface area contributed by atoms with Gasteiger partial charge in [-0.15, -0.1) is 0 Å². The lowest BCUT2D eigenvalue weighted by atomic mass is 10.2. The molecule has 1 fully saturated rings. The van der Waals surface area contributed by atoms with Crippen LogP contribution in [0, 0.1) is 0 Å². The summed E-state index contributed by atoms with van der Waals surface area (Å²) in [4.78, 5) is 20.7. The summed E-state index contributed by atoms with van der Waals surface area (Å²) in [6, 6.07) is 9.14. The third-order valence-corrected chi connectivity index (χ3v) is 3.66. The molecule has 0 saturated heterocycles. The summed E-state index contributed by atoms with van der Waals surface area (Å²) in [5.74, 6) is 1.23. The number of carbonyl (C=O) groups excluding carboxylic acids is 1. The second kappa shape index (κ2) is 6.77. The fourth-order valence-corrected chi connectivity index (χ4v) is 2.34. The van der Waals surface area contributed by atoms with Crippen LogP contribution in [0.4, 0.5) is 0 Å². The Morgan fingerprint density at radius 3 is 2.65 bits per heavy atom. The number of nitrogens with one attached hydrogen (secondary N) is 1. The molecule has 0 unspecified atom stereocenters. The number of hydrogen-bond donors (Lipinski definition) is 1. The van der Waals surface area contributed by atoms with E-state index in [9.17, 15) is 4.79 Å². The first-order valence-electron chi connectivity index (χ1n) is 7.97. The second-order valence-corrected chi connectivity index (χ2v) is 6.08. The maximum Gasteiger partial charge on any atom is 0.251 e. The van der Waals surface area contributed by atoms with Crippen LogP contribution >= 0.6 is 0 Å². The zero-order chi connectivity index (χ0) is 16.2. The highest BCUT2D eigenvalue weighted by atomic mass is 16.5. The fourth-order valence-electron chi connectivity index (χ4n) is 2.34. The van der Waals surface area contributed by atoms with Crippen LogP contribution in [0.5, 0.6) is 5.75 Å². The summed E-state index contributed by atoms with van der Waals surface area (Å²) in [5.41, 5.74) is 2.53. The van der Waals surface area contributed by atoms with Crippen LogP contribution in [-0.4, -0.2) is 22.0 Å². The van der Waals surface area contributed by atoms with Gasteiger partial charge in [0, 0.05) is 17.2 Å². The van der Waals surface area contributed by atoms with Gasteiger partial charge in [-0.2, -0.15) is 0 Å². The highest BCUT2D eigenvalue weighted by Gasteiger charge is 2.25. The Labute approximate surface area is 136 Å². The van der Waals surface area contributed by atoms with Crippen LogP contribution in [-0.2, 0) is 6.54 Å². The van der Waals surface area contributed by atoms with Gasteiger partial charge in [0.05, 0.1) is 18.3 Å². The molecule has 23 heavy (non-hydrogen) atoms. The van der Waals surface area contributed by atoms with Crippen molar-refractivity contribution in [3.05, 3.63) is 53.6 Å². The van der Waals surface area contributed by atoms with Crippen LogP contribution < -0.4 is 10.1 Å². The van der Waals surface area contributed by atoms with Gasteiger partial charge < -0.3 is 10.1 Å². The van der Waals surface area contributed by atoms with Crippen molar-refractivity contribution in [2.45, 2.75) is 45.3 Å². The lowest BCUT2D eigenvalue weighted by Crippen LogP contribution is -2.23. The number of ether oxygens (including phenoxy) is 1. The van der Waals surface area contributed by atoms with E-state index in [1.807, 2.05) is 32.0 Å². The van der Waals surface area contributed by atoms with Gasteiger partial charge in [-0.05, 0) is 57.0 Å². The summed E-state index contributed by atoms with van der Waals surface area (Å²) in [6.45, 7) is 4.35. The molecular formula is C18H21N3O2. The third kappa shape index (κ3) is 4.28. The largest absolute Gasteiger partial charge is 0.491 e. The smallest absolute Gasteiger partial charge is 0.251 e. The summed E-state index contributed by atoms with van der Waals surface area (Å²) < 4.78 is 5.57. The number of hydrogen-bond acceptors (Lipinski definition) is 4. The Kier molecular flexibility index (Phi) is 4.55. The Balaban J connectivity index is 1.57. The van der Waals surface area contributed by atoms with Gasteiger partial charge in [-0.1, -0.05) is 0 Å². The van der Waals surface area contributed by atoms with Crippen LogP contribution in [0.1, 0.15) is 54.4 Å². The number of carbonyl (C=O) groups is 1. The lowest BCUT2D eigenvalue weighted by molar-refractivity contribution is 0.0950. The van der Waals surface area contributed by atoms with Crippen molar-refractivity contribution in [1.29, 1.82) is 0 Å². The van der Waals surface area contributed by atoms with E-state index in [1.54, 1.807) is 18.5 Å². The molecule has 0 spiro atoms. The van der Waals surface area contributed by atoms with Crippen LogP contribution in [0.3, 0.4) is 0 Å². The molecule has 3 rings (SSSR count). The third-order valence-electron chi connectivity index (χ3n) is 3.66. The van der Waals surface area contributed by atoms with E-state index in [0.29, 0.717) is 18.0 Å². The minimum atomic E-state index is -0.118. The number of aromatic nitrogens is 2. The van der Waals surface area contributed by atoms with E-state index in [0.717, 1.165) is 17.1 Å². The van der Waals surface area contributed by atoms with Gasteiger partial charge in [0.2, 0.25) is 0 Å². The standard InChI is InChI=1S/C18H21N3O2/c1-12(2)23-16-7-5-14(6-8-16)18(22)19-10-15-9-17(13-3-4-13)21-11-20-15/h5-9,11-13H,3-4,10H2,1-2H3,(H,19,22). The van der Waals surface area contributed by atoms with Crippen LogP contribution in [0.2, 0.25) is 0 Å². The second-order valence-electron chi connectivity index (χ2n) is 6.08. The van der Waals surface area contributed by atoms with Crippen molar-refractivity contribution in [2.24, 2.45) is 0 Å². The van der Waals surface area contributed by atoms with E-state index in [2.05, 4.69) is 15.3 Å². The molecule has 0 atom stereocenters. The molecule has 1 aromatic heterocycles. The quantitative estimate of drug-likeness (QED) is 0.890. The normalized spacial score (nSPS) is 13.9. The lowest BCUT2D eigenvalue weighted by Gasteiger charge is -2.10. The molecule has 1 saturated carbocycles. The van der Waals surface area contributed by atoms with Crippen LogP contribution in [0.25, 0.3) is 0 Å². The maximum absolute atomic E-state index is 12.2. The monoisotopic (exact) mass is 311 g/mol. The predicted octanol–water partition coefficient (Wildman–Crippen LogP) is 3.07. The van der Waals surface area contributed by atoms with Crippen molar-refractivity contribution in [3.8, 4) is 5.75 Å². The Hall–Kier alpha value is -2.43. The van der Waals surface area contributed by atoms with E-state index in [-0.39, 0.29) is 12.0 Å². The first-order chi connectivity index (χ1) is 11.1. The Bertz CT molecular complexity index is 679. The molecule has 1 N–H and O–H groups in total. The zero-order valence-corrected chi connectivity index (χ0v) is 13.5. The average molecular weight is 311 g/mol. The first kappa shape index (κ1) is 15.5. The molecule has 120 valence electrons. The molecule has 0 bridgehead atoms. The Morgan fingerprint density at radius 2 is 2.00 bits per heavy atom. The average Bonchev–Trinajstić information content (AvgIpc) is 3.38. The first-order valence-corrected chi connectivity index (χ1v) is 7.97. The number of rotatable bonds is 6. The topological polar surface area (TPSA) is 64.1 Å². The van der Waals surface area contributed by atoms with Crippen molar-refractivity contribution in [3.63, 3.8) is 0 Å². The fraction of sp³-hybridized carbons (Fsp3) is 0.389. The highest BCUT2D eigenvalue weighted by molar-refractivity contribution is 5.94. The maximum atomic E-state index is 12.2. The van der Waals surface area contributed by atoms with Gasteiger partial charge >= 0.3 is 0 Å². The summed E-state index contributed by atoms with van der Waals surface area (Å²) in [6.07, 6.45) is 4.10. The Morgan fingerprint density at radius 1 is 1.26 bits per heavy atom. The van der Waals surface area contributed by atoms with E-state index in [1.165, 1.54) is 12.8 Å². The summed E-state index contributed by atoms with van der Waals surface area (Å²) >= 11 is 0. The minimum absolute atomic E-state index is 0.118. The van der Waals surface area contributed by atoms with Gasteiger partial charge in [0.1, 0.15) is 12.1 Å². The number of benzene rings is 1. The molecule has 5 nitrogen and oxygen atoms in total. The summed E-state index contributed by atoms with van der Waals surface area (Å²) in [7, 11) is 0. The van der Waals surface area contributed by atoms with Crippen molar-refractivity contribution < 1.29 is 9.53 Å². The number of amides is 1. The zero-order valence-electron chi connectivity index (χ0n) is 13.5. The van der Waals surface area contributed by atoms with Crippen molar-refractivity contribution in [2.75, 3.05) is 0 Å². The molecule has 1 amide bonds. The van der Waals surface area contributed by atoms with Gasteiger partial charge in [0.15, 0.2) is 0 Å². The van der Waals surface area contributed by atoms with Gasteiger partial charge in [-0.25, -0.2) is 9.97 Å². The molecular weight excluding hydrogens is 290 g/mol. The van der Waals surface area contributed by atoms with E-state index >= 15 is 0 Å². The van der Waals surface area contributed by atoms with Gasteiger partial charge in [0.25, 0.3) is 5.91 Å². The molecule has 1 heterocycles. The SMILES string of the molecule is CC(C)Oc1ccc(C(=O)NCc2cc(C3CC3)ncn2)cc1. The molecule has 0 aliphatic heterocycles. The molecule has 5 heteroatoms. The molecule has 1 aliphatic carbocycles. The molecule has 1 aliphatic rings. The highest BCUT2D eigenvalue weighted by Crippen LogP contribution is 2.38. The van der Waals surface area contributed by atoms with Crippen LogP contribution in [0.15, 0.2) is 36.7 Å². The number of nitrogens with zero attached hydrogens (tertiary/aromatic N) is 2. The minimum Gasteiger partial charge on any atom is -0.491 e. The molecule has 1 aromatic carbocycles. The summed E-state index contributed by atoms with van der Waals surface area (Å²) in [5, 5.41) is 2.89. The molecule has 0 radical (unpaired) electrons. The van der Waals surface area contributed by atoms with Crippen molar-refractivity contribution in [1.82, 2.24) is 15.3 Å². The molecule has 2 aromatic rings.